The summed E-state index contributed by atoms with van der Waals surface area (Å²) >= 11 is 0. The molecule has 0 aliphatic carbocycles. The summed E-state index contributed by atoms with van der Waals surface area (Å²) in [5.41, 5.74) is 5.36. The van der Waals surface area contributed by atoms with Crippen LogP contribution in [0.2, 0.25) is 0 Å². The summed E-state index contributed by atoms with van der Waals surface area (Å²) < 4.78 is 4.81. The molecule has 13 heavy (non-hydrogen) atoms. The van der Waals surface area contributed by atoms with Crippen molar-refractivity contribution in [3.8, 4) is 0 Å². The van der Waals surface area contributed by atoms with E-state index in [-0.39, 0.29) is 13.2 Å². The fourth-order valence-electron chi connectivity index (χ4n) is 1.27. The Morgan fingerprint density at radius 3 is 2.38 bits per heavy atom. The molecule has 0 spiro atoms. The largest absolute Gasteiger partial charge is 0.396 e. The molecule has 0 saturated carbocycles. The quantitative estimate of drug-likeness (QED) is 0.303. The second kappa shape index (κ2) is 4.32. The Hall–Kier alpha value is -0.240. The third-order valence-corrected chi connectivity index (χ3v) is 2.27. The van der Waals surface area contributed by atoms with Crippen LogP contribution >= 0.6 is 0 Å². The van der Waals surface area contributed by atoms with Crippen LogP contribution in [0.1, 0.15) is 0 Å². The van der Waals surface area contributed by atoms with Crippen molar-refractivity contribution in [3.63, 3.8) is 0 Å². The van der Waals surface area contributed by atoms with Crippen molar-refractivity contribution in [1.82, 2.24) is 0 Å². The zero-order valence-electron chi connectivity index (χ0n) is 7.08. The van der Waals surface area contributed by atoms with Gasteiger partial charge in [0, 0.05) is 5.92 Å². The molecule has 5 atom stereocenters. The minimum atomic E-state index is -1.30. The van der Waals surface area contributed by atoms with Crippen molar-refractivity contribution >= 4 is 0 Å². The van der Waals surface area contributed by atoms with E-state index in [0.29, 0.717) is 0 Å². The molecular formula is C7H15NO5. The van der Waals surface area contributed by atoms with Gasteiger partial charge in [0.1, 0.15) is 6.10 Å². The molecule has 1 saturated heterocycles. The molecule has 0 aromatic carbocycles. The number of rotatable bonds is 1. The van der Waals surface area contributed by atoms with Crippen LogP contribution < -0.4 is 5.73 Å². The van der Waals surface area contributed by atoms with Gasteiger partial charge < -0.3 is 30.9 Å². The van der Waals surface area contributed by atoms with Crippen LogP contribution in [-0.4, -0.2) is 58.2 Å². The number of nitrogens with two attached hydrogens (primary N) is 1. The summed E-state index contributed by atoms with van der Waals surface area (Å²) in [4.78, 5) is 0. The molecule has 6 heteroatoms. The highest BCUT2D eigenvalue weighted by Crippen LogP contribution is 2.17. The smallest absolute Gasteiger partial charge is 0.172 e. The Balaban J connectivity index is 2.69. The summed E-state index contributed by atoms with van der Waals surface area (Å²) in [5.74, 6) is -0.613. The SMILES string of the molecule is NC1C(O)OCC(CO)C(O)C1O. The molecule has 1 rings (SSSR count). The predicted molar refractivity (Wildman–Crippen MR) is 42.5 cm³/mol. The minimum Gasteiger partial charge on any atom is -0.396 e. The Morgan fingerprint density at radius 1 is 1.23 bits per heavy atom. The van der Waals surface area contributed by atoms with Crippen molar-refractivity contribution in [2.45, 2.75) is 24.5 Å². The maximum atomic E-state index is 9.42. The normalized spacial score (nSPS) is 47.3. The first kappa shape index (κ1) is 10.8. The van der Waals surface area contributed by atoms with E-state index in [9.17, 15) is 10.2 Å². The molecular weight excluding hydrogens is 178 g/mol. The molecule has 1 heterocycles. The summed E-state index contributed by atoms with van der Waals surface area (Å²) in [7, 11) is 0. The molecule has 1 aliphatic heterocycles. The number of hydrogen-bond acceptors (Lipinski definition) is 6. The summed E-state index contributed by atoms with van der Waals surface area (Å²) in [6.07, 6.45) is -3.76. The average molecular weight is 193 g/mol. The molecule has 5 unspecified atom stereocenters. The van der Waals surface area contributed by atoms with Gasteiger partial charge in [0.15, 0.2) is 6.29 Å². The van der Waals surface area contributed by atoms with Crippen LogP contribution in [0.25, 0.3) is 0 Å². The van der Waals surface area contributed by atoms with Gasteiger partial charge >= 0.3 is 0 Å². The lowest BCUT2D eigenvalue weighted by Gasteiger charge is -2.24. The third kappa shape index (κ3) is 2.16. The van der Waals surface area contributed by atoms with Crippen LogP contribution in [0, 0.1) is 5.92 Å². The van der Waals surface area contributed by atoms with Gasteiger partial charge in [0.2, 0.25) is 0 Å². The van der Waals surface area contributed by atoms with Crippen molar-refractivity contribution in [2.24, 2.45) is 11.7 Å². The highest BCUT2D eigenvalue weighted by Gasteiger charge is 2.37. The molecule has 0 amide bonds. The lowest BCUT2D eigenvalue weighted by molar-refractivity contribution is -0.123. The molecule has 0 aromatic rings. The molecule has 1 aliphatic rings. The Labute approximate surface area is 75.6 Å². The molecule has 78 valence electrons. The minimum absolute atomic E-state index is 0.0242. The van der Waals surface area contributed by atoms with Gasteiger partial charge in [-0.05, 0) is 0 Å². The molecule has 0 aromatic heterocycles. The second-order valence-corrected chi connectivity index (χ2v) is 3.23. The van der Waals surface area contributed by atoms with Gasteiger partial charge in [-0.2, -0.15) is 0 Å². The summed E-state index contributed by atoms with van der Waals surface area (Å²) in [6.45, 7) is -0.346. The van der Waals surface area contributed by atoms with Gasteiger partial charge in [-0.15, -0.1) is 0 Å². The van der Waals surface area contributed by atoms with Crippen LogP contribution in [-0.2, 0) is 4.74 Å². The van der Waals surface area contributed by atoms with Crippen LogP contribution in [0.3, 0.4) is 0 Å². The van der Waals surface area contributed by atoms with E-state index in [4.69, 9.17) is 20.7 Å². The Kier molecular flexibility index (Phi) is 3.60. The summed E-state index contributed by atoms with van der Waals surface area (Å²) in [6, 6.07) is -1.05. The first-order valence-electron chi connectivity index (χ1n) is 4.10. The zero-order valence-corrected chi connectivity index (χ0v) is 7.08. The van der Waals surface area contributed by atoms with E-state index in [1.165, 1.54) is 0 Å². The Bertz CT molecular complexity index is 165. The fraction of sp³-hybridized carbons (Fsp3) is 1.00. The third-order valence-electron chi connectivity index (χ3n) is 2.27. The molecule has 6 nitrogen and oxygen atoms in total. The molecule has 0 radical (unpaired) electrons. The monoisotopic (exact) mass is 193 g/mol. The molecule has 6 N–H and O–H groups in total. The van der Waals surface area contributed by atoms with E-state index in [1.54, 1.807) is 0 Å². The standard InChI is InChI=1S/C7H15NO5/c8-4-6(11)5(10)3(1-9)2-13-7(4)12/h3-7,9-12H,1-2,8H2. The number of aliphatic hydroxyl groups is 4. The van der Waals surface area contributed by atoms with Crippen LogP contribution in [0.5, 0.6) is 0 Å². The van der Waals surface area contributed by atoms with Crippen molar-refractivity contribution in [2.75, 3.05) is 13.2 Å². The number of aliphatic hydroxyl groups excluding tert-OH is 4. The lowest BCUT2D eigenvalue weighted by Crippen LogP contribution is -2.50. The van der Waals surface area contributed by atoms with E-state index in [2.05, 4.69) is 0 Å². The van der Waals surface area contributed by atoms with Crippen molar-refractivity contribution in [3.05, 3.63) is 0 Å². The van der Waals surface area contributed by atoms with E-state index < -0.39 is 30.5 Å². The number of ether oxygens (including phenoxy) is 1. The van der Waals surface area contributed by atoms with Crippen LogP contribution in [0.4, 0.5) is 0 Å². The maximum absolute atomic E-state index is 9.42. The first-order chi connectivity index (χ1) is 6.07. The molecule has 0 bridgehead atoms. The van der Waals surface area contributed by atoms with Gasteiger partial charge in [0.25, 0.3) is 0 Å². The predicted octanol–water partition coefficient (Wildman–Crippen LogP) is -3.01. The number of hydrogen-bond donors (Lipinski definition) is 5. The highest BCUT2D eigenvalue weighted by molar-refractivity contribution is 4.87. The van der Waals surface area contributed by atoms with Crippen LogP contribution in [0.15, 0.2) is 0 Å². The summed E-state index contributed by atoms with van der Waals surface area (Å²) in [5, 5.41) is 36.8. The lowest BCUT2D eigenvalue weighted by atomic mass is 9.96. The average Bonchev–Trinajstić information content (AvgIpc) is 2.22. The van der Waals surface area contributed by atoms with Gasteiger partial charge in [-0.1, -0.05) is 0 Å². The fourth-order valence-corrected chi connectivity index (χ4v) is 1.27. The first-order valence-corrected chi connectivity index (χ1v) is 4.10. The maximum Gasteiger partial charge on any atom is 0.172 e. The second-order valence-electron chi connectivity index (χ2n) is 3.23. The highest BCUT2D eigenvalue weighted by atomic mass is 16.6. The van der Waals surface area contributed by atoms with E-state index >= 15 is 0 Å². The van der Waals surface area contributed by atoms with Crippen molar-refractivity contribution < 1.29 is 25.2 Å². The van der Waals surface area contributed by atoms with Gasteiger partial charge in [0.05, 0.1) is 25.4 Å². The Morgan fingerprint density at radius 2 is 1.85 bits per heavy atom. The van der Waals surface area contributed by atoms with Gasteiger partial charge in [-0.25, -0.2) is 0 Å². The van der Waals surface area contributed by atoms with E-state index in [1.807, 2.05) is 0 Å². The van der Waals surface area contributed by atoms with Crippen molar-refractivity contribution in [1.29, 1.82) is 0 Å². The topological polar surface area (TPSA) is 116 Å². The van der Waals surface area contributed by atoms with E-state index in [0.717, 1.165) is 0 Å². The zero-order chi connectivity index (χ0) is 10.0. The van der Waals surface area contributed by atoms with Gasteiger partial charge in [-0.3, -0.25) is 0 Å². The molecule has 1 fully saturated rings.